The number of carbonyl (C=O) groups excluding carboxylic acids is 1. The Bertz CT molecular complexity index is 600. The van der Waals surface area contributed by atoms with Gasteiger partial charge in [-0.15, -0.1) is 11.8 Å². The molecule has 1 heterocycles. The van der Waals surface area contributed by atoms with E-state index in [1.165, 1.54) is 18.2 Å². The summed E-state index contributed by atoms with van der Waals surface area (Å²) in [6, 6.07) is 3.61. The minimum absolute atomic E-state index is 0.0963. The highest BCUT2D eigenvalue weighted by atomic mass is 35.5. The van der Waals surface area contributed by atoms with E-state index in [1.807, 2.05) is 0 Å². The van der Waals surface area contributed by atoms with E-state index < -0.39 is 10.0 Å². The standard InChI is InChI=1S/C10H12ClN3O3S2/c11-7-2-1-6(19(12,16)17)3-8(7)14-10(15)9-4-18-5-13-9/h1-3,9,13H,4-5H2,(H,14,15)(H2,12,16,17). The fourth-order valence-corrected chi connectivity index (χ4v) is 3.21. The number of halogens is 1. The fraction of sp³-hybridized carbons (Fsp3) is 0.300. The Morgan fingerprint density at radius 1 is 1.53 bits per heavy atom. The summed E-state index contributed by atoms with van der Waals surface area (Å²) in [5, 5.41) is 10.9. The number of hydrogen-bond donors (Lipinski definition) is 3. The molecule has 0 bridgehead atoms. The summed E-state index contributed by atoms with van der Waals surface area (Å²) >= 11 is 7.53. The zero-order valence-electron chi connectivity index (χ0n) is 9.72. The van der Waals surface area contributed by atoms with E-state index >= 15 is 0 Å². The zero-order chi connectivity index (χ0) is 14.0. The fourth-order valence-electron chi connectivity index (χ4n) is 1.56. The molecule has 1 aromatic rings. The van der Waals surface area contributed by atoms with Gasteiger partial charge in [-0.05, 0) is 18.2 Å². The second-order valence-corrected chi connectivity index (χ2v) is 6.95. The summed E-state index contributed by atoms with van der Waals surface area (Å²) in [6.07, 6.45) is 0. The summed E-state index contributed by atoms with van der Waals surface area (Å²) in [5.41, 5.74) is 0.233. The first kappa shape index (κ1) is 14.6. The predicted molar refractivity (Wildman–Crippen MR) is 75.7 cm³/mol. The van der Waals surface area contributed by atoms with Crippen molar-refractivity contribution < 1.29 is 13.2 Å². The molecule has 1 saturated heterocycles. The van der Waals surface area contributed by atoms with Gasteiger partial charge in [0.15, 0.2) is 0 Å². The van der Waals surface area contributed by atoms with Gasteiger partial charge in [0.25, 0.3) is 0 Å². The minimum atomic E-state index is -3.83. The van der Waals surface area contributed by atoms with Crippen LogP contribution in [0.2, 0.25) is 5.02 Å². The van der Waals surface area contributed by atoms with Gasteiger partial charge in [-0.25, -0.2) is 13.6 Å². The number of benzene rings is 1. The number of carbonyl (C=O) groups is 1. The highest BCUT2D eigenvalue weighted by Gasteiger charge is 2.23. The Balaban J connectivity index is 2.22. The van der Waals surface area contributed by atoms with Crippen molar-refractivity contribution in [3.63, 3.8) is 0 Å². The van der Waals surface area contributed by atoms with Crippen LogP contribution in [0.25, 0.3) is 0 Å². The highest BCUT2D eigenvalue weighted by Crippen LogP contribution is 2.25. The Kier molecular flexibility index (Phi) is 4.36. The molecule has 6 nitrogen and oxygen atoms in total. The third-order valence-electron chi connectivity index (χ3n) is 2.56. The molecule has 1 atom stereocenters. The number of thioether (sulfide) groups is 1. The molecule has 9 heteroatoms. The lowest BCUT2D eigenvalue weighted by atomic mass is 10.2. The topological polar surface area (TPSA) is 101 Å². The Hall–Kier alpha value is -0.800. The first-order valence-corrected chi connectivity index (χ1v) is 8.40. The molecule has 2 rings (SSSR count). The minimum Gasteiger partial charge on any atom is -0.323 e. The van der Waals surface area contributed by atoms with Crippen molar-refractivity contribution in [3.8, 4) is 0 Å². The zero-order valence-corrected chi connectivity index (χ0v) is 12.1. The van der Waals surface area contributed by atoms with Crippen molar-refractivity contribution >= 4 is 45.0 Å². The van der Waals surface area contributed by atoms with Crippen LogP contribution in [-0.4, -0.2) is 32.0 Å². The van der Waals surface area contributed by atoms with Gasteiger partial charge in [-0.1, -0.05) is 11.6 Å². The smallest absolute Gasteiger partial charge is 0.242 e. The maximum Gasteiger partial charge on any atom is 0.242 e. The monoisotopic (exact) mass is 321 g/mol. The van der Waals surface area contributed by atoms with Crippen molar-refractivity contribution in [2.75, 3.05) is 16.9 Å². The molecule has 1 amide bonds. The number of amides is 1. The molecular weight excluding hydrogens is 310 g/mol. The third kappa shape index (κ3) is 3.61. The second kappa shape index (κ2) is 5.68. The third-order valence-corrected chi connectivity index (χ3v) is 4.74. The van der Waals surface area contributed by atoms with Crippen LogP contribution < -0.4 is 15.8 Å². The van der Waals surface area contributed by atoms with Crippen LogP contribution in [0.4, 0.5) is 5.69 Å². The summed E-state index contributed by atoms with van der Waals surface area (Å²) in [4.78, 5) is 11.8. The van der Waals surface area contributed by atoms with Crippen LogP contribution in [0.1, 0.15) is 0 Å². The number of anilines is 1. The van der Waals surface area contributed by atoms with Crippen molar-refractivity contribution in [1.29, 1.82) is 0 Å². The van der Waals surface area contributed by atoms with Crippen molar-refractivity contribution in [2.45, 2.75) is 10.9 Å². The van der Waals surface area contributed by atoms with Crippen molar-refractivity contribution in [2.24, 2.45) is 5.14 Å². The van der Waals surface area contributed by atoms with Crippen LogP contribution in [0.3, 0.4) is 0 Å². The normalized spacial score (nSPS) is 19.4. The molecule has 0 aromatic heterocycles. The highest BCUT2D eigenvalue weighted by molar-refractivity contribution is 7.99. The number of hydrogen-bond acceptors (Lipinski definition) is 5. The average molecular weight is 322 g/mol. The maximum atomic E-state index is 11.9. The molecule has 1 aliphatic rings. The van der Waals surface area contributed by atoms with Crippen molar-refractivity contribution in [3.05, 3.63) is 23.2 Å². The molecule has 0 spiro atoms. The number of nitrogens with one attached hydrogen (secondary N) is 2. The molecule has 104 valence electrons. The van der Waals surface area contributed by atoms with E-state index in [-0.39, 0.29) is 27.6 Å². The van der Waals surface area contributed by atoms with E-state index in [4.69, 9.17) is 16.7 Å². The largest absolute Gasteiger partial charge is 0.323 e. The lowest BCUT2D eigenvalue weighted by molar-refractivity contribution is -0.117. The van der Waals surface area contributed by atoms with Crippen LogP contribution in [0.15, 0.2) is 23.1 Å². The van der Waals surface area contributed by atoms with Gasteiger partial charge in [-0.3, -0.25) is 10.1 Å². The predicted octanol–water partition coefficient (Wildman–Crippen LogP) is 0.588. The van der Waals surface area contributed by atoms with E-state index in [0.717, 1.165) is 0 Å². The van der Waals surface area contributed by atoms with Crippen LogP contribution in [0, 0.1) is 0 Å². The van der Waals surface area contributed by atoms with Gasteiger partial charge in [0.2, 0.25) is 15.9 Å². The van der Waals surface area contributed by atoms with E-state index in [0.29, 0.717) is 11.6 Å². The molecule has 1 aliphatic heterocycles. The molecule has 19 heavy (non-hydrogen) atoms. The molecule has 0 aliphatic carbocycles. The summed E-state index contributed by atoms with van der Waals surface area (Å²) in [6.45, 7) is 0. The van der Waals surface area contributed by atoms with Gasteiger partial charge in [-0.2, -0.15) is 0 Å². The van der Waals surface area contributed by atoms with E-state index in [9.17, 15) is 13.2 Å². The van der Waals surface area contributed by atoms with E-state index in [2.05, 4.69) is 10.6 Å². The number of nitrogens with two attached hydrogens (primary N) is 1. The van der Waals surface area contributed by atoms with Crippen LogP contribution in [-0.2, 0) is 14.8 Å². The molecular formula is C10H12ClN3O3S2. The summed E-state index contributed by atoms with van der Waals surface area (Å²) in [5.74, 6) is 1.12. The molecule has 0 saturated carbocycles. The van der Waals surface area contributed by atoms with Gasteiger partial charge in [0, 0.05) is 11.6 Å². The average Bonchev–Trinajstić information content (AvgIpc) is 2.84. The number of primary sulfonamides is 1. The van der Waals surface area contributed by atoms with Crippen LogP contribution in [0.5, 0.6) is 0 Å². The molecule has 4 N–H and O–H groups in total. The Morgan fingerprint density at radius 2 is 2.26 bits per heavy atom. The number of sulfonamides is 1. The SMILES string of the molecule is NS(=O)(=O)c1ccc(Cl)c(NC(=O)C2CSCN2)c1. The molecule has 1 fully saturated rings. The number of rotatable bonds is 3. The van der Waals surface area contributed by atoms with Crippen LogP contribution >= 0.6 is 23.4 Å². The van der Waals surface area contributed by atoms with Gasteiger partial charge in [0.05, 0.1) is 21.6 Å². The molecule has 1 unspecified atom stereocenters. The van der Waals surface area contributed by atoms with E-state index in [1.54, 1.807) is 11.8 Å². The quantitative estimate of drug-likeness (QED) is 0.756. The molecule has 1 aromatic carbocycles. The summed E-state index contributed by atoms with van der Waals surface area (Å²) < 4.78 is 22.5. The van der Waals surface area contributed by atoms with Gasteiger partial charge >= 0.3 is 0 Å². The van der Waals surface area contributed by atoms with Crippen molar-refractivity contribution in [1.82, 2.24) is 5.32 Å². The first-order chi connectivity index (χ1) is 8.88. The lowest BCUT2D eigenvalue weighted by Gasteiger charge is -2.12. The Labute approximate surface area is 120 Å². The first-order valence-electron chi connectivity index (χ1n) is 5.32. The van der Waals surface area contributed by atoms with Gasteiger partial charge < -0.3 is 5.32 Å². The Morgan fingerprint density at radius 3 is 2.84 bits per heavy atom. The van der Waals surface area contributed by atoms with Gasteiger partial charge in [0.1, 0.15) is 0 Å². The maximum absolute atomic E-state index is 11.9. The second-order valence-electron chi connectivity index (χ2n) is 3.95. The summed E-state index contributed by atoms with van der Waals surface area (Å²) in [7, 11) is -3.83. The molecule has 0 radical (unpaired) electrons. The lowest BCUT2D eigenvalue weighted by Crippen LogP contribution is -2.37.